The molecule has 4 heteroatoms. The van der Waals surface area contributed by atoms with Crippen molar-refractivity contribution < 1.29 is 14.7 Å². The summed E-state index contributed by atoms with van der Waals surface area (Å²) in [6, 6.07) is 0.333. The molecule has 0 aromatic carbocycles. The molecule has 1 unspecified atom stereocenters. The Morgan fingerprint density at radius 2 is 1.82 bits per heavy atom. The molecule has 4 nitrogen and oxygen atoms in total. The van der Waals surface area contributed by atoms with Crippen LogP contribution in [0.15, 0.2) is 0 Å². The van der Waals surface area contributed by atoms with Gasteiger partial charge in [0.25, 0.3) is 0 Å². The number of likely N-dealkylation sites (tertiary alicyclic amines) is 1. The van der Waals surface area contributed by atoms with Crippen molar-refractivity contribution in [2.75, 3.05) is 6.54 Å². The Morgan fingerprint density at radius 3 is 2.41 bits per heavy atom. The summed E-state index contributed by atoms with van der Waals surface area (Å²) in [4.78, 5) is 25.2. The van der Waals surface area contributed by atoms with E-state index in [0.29, 0.717) is 18.9 Å². The van der Waals surface area contributed by atoms with Crippen molar-refractivity contribution in [3.05, 3.63) is 0 Å². The van der Waals surface area contributed by atoms with Crippen molar-refractivity contribution in [1.82, 2.24) is 4.90 Å². The lowest BCUT2D eigenvalue weighted by Gasteiger charge is -2.35. The second kappa shape index (κ2) is 5.07. The van der Waals surface area contributed by atoms with E-state index in [4.69, 9.17) is 5.11 Å². The lowest BCUT2D eigenvalue weighted by atomic mass is 9.98. The second-order valence-corrected chi connectivity index (χ2v) is 5.42. The Labute approximate surface area is 102 Å². The maximum absolute atomic E-state index is 12.3. The summed E-state index contributed by atoms with van der Waals surface area (Å²) in [7, 11) is 0. The summed E-state index contributed by atoms with van der Waals surface area (Å²) in [5.41, 5.74) is 0. The largest absolute Gasteiger partial charge is 0.481 e. The zero-order valence-corrected chi connectivity index (χ0v) is 10.4. The van der Waals surface area contributed by atoms with Gasteiger partial charge in [0.1, 0.15) is 0 Å². The molecular weight excluding hydrogens is 218 g/mol. The van der Waals surface area contributed by atoms with Crippen molar-refractivity contribution in [2.45, 2.75) is 51.5 Å². The highest BCUT2D eigenvalue weighted by Crippen LogP contribution is 2.33. The maximum Gasteiger partial charge on any atom is 0.306 e. The minimum absolute atomic E-state index is 0.0448. The third kappa shape index (κ3) is 2.61. The molecule has 3 atom stereocenters. The van der Waals surface area contributed by atoms with Crippen LogP contribution >= 0.6 is 0 Å². The first-order chi connectivity index (χ1) is 8.09. The first-order valence-electron chi connectivity index (χ1n) is 6.63. The van der Waals surface area contributed by atoms with Gasteiger partial charge in [-0.05, 0) is 45.4 Å². The molecule has 1 amide bonds. The van der Waals surface area contributed by atoms with Crippen LogP contribution in [-0.4, -0.2) is 34.5 Å². The number of carboxylic acid groups (broad SMARTS) is 1. The lowest BCUT2D eigenvalue weighted by Crippen LogP contribution is -2.44. The highest BCUT2D eigenvalue weighted by molar-refractivity contribution is 5.81. The first-order valence-corrected chi connectivity index (χ1v) is 6.63. The maximum atomic E-state index is 12.3. The van der Waals surface area contributed by atoms with Gasteiger partial charge in [-0.15, -0.1) is 0 Å². The van der Waals surface area contributed by atoms with E-state index >= 15 is 0 Å². The Balaban J connectivity index is 1.94. The van der Waals surface area contributed by atoms with Crippen molar-refractivity contribution >= 4 is 11.9 Å². The van der Waals surface area contributed by atoms with Gasteiger partial charge in [0, 0.05) is 18.5 Å². The fourth-order valence-electron chi connectivity index (χ4n) is 3.09. The van der Waals surface area contributed by atoms with E-state index in [1.54, 1.807) is 0 Å². The molecule has 1 N–H and O–H groups in total. The molecule has 2 aliphatic rings. The first kappa shape index (κ1) is 12.4. The van der Waals surface area contributed by atoms with Gasteiger partial charge < -0.3 is 10.0 Å². The molecule has 0 spiro atoms. The molecule has 17 heavy (non-hydrogen) atoms. The molecule has 0 aromatic heterocycles. The van der Waals surface area contributed by atoms with Crippen LogP contribution < -0.4 is 0 Å². The Hall–Kier alpha value is -1.06. The van der Waals surface area contributed by atoms with Gasteiger partial charge in [-0.2, -0.15) is 0 Å². The van der Waals surface area contributed by atoms with Crippen LogP contribution in [0.1, 0.15) is 45.4 Å². The van der Waals surface area contributed by atoms with E-state index in [1.165, 1.54) is 6.42 Å². The van der Waals surface area contributed by atoms with Crippen molar-refractivity contribution in [3.63, 3.8) is 0 Å². The number of hydrogen-bond donors (Lipinski definition) is 1. The topological polar surface area (TPSA) is 57.6 Å². The van der Waals surface area contributed by atoms with E-state index < -0.39 is 5.97 Å². The molecule has 1 aliphatic heterocycles. The molecule has 96 valence electrons. The van der Waals surface area contributed by atoms with Crippen LogP contribution in [0.5, 0.6) is 0 Å². The van der Waals surface area contributed by atoms with Crippen LogP contribution in [-0.2, 0) is 9.59 Å². The average Bonchev–Trinajstić information content (AvgIpc) is 2.78. The molecule has 1 saturated carbocycles. The standard InChI is InChI=1S/C13H21NO3/c1-9-4-2-3-7-14(9)12(15)10-5-6-11(8-10)13(16)17/h9-11H,2-8H2,1H3,(H,16,17)/t9?,10-,11+/m1/s1. The van der Waals surface area contributed by atoms with E-state index in [9.17, 15) is 9.59 Å². The Kier molecular flexibility index (Phi) is 3.69. The third-order valence-electron chi connectivity index (χ3n) is 4.22. The summed E-state index contributed by atoms with van der Waals surface area (Å²) in [6.45, 7) is 2.95. The van der Waals surface area contributed by atoms with Gasteiger partial charge in [0.15, 0.2) is 0 Å². The summed E-state index contributed by atoms with van der Waals surface area (Å²) in [5.74, 6) is -0.895. The predicted octanol–water partition coefficient (Wildman–Crippen LogP) is 1.89. The summed E-state index contributed by atoms with van der Waals surface area (Å²) in [5, 5.41) is 8.95. The highest BCUT2D eigenvalue weighted by atomic mass is 16.4. The number of carbonyl (C=O) groups is 2. The fraction of sp³-hybridized carbons (Fsp3) is 0.846. The number of rotatable bonds is 2. The van der Waals surface area contributed by atoms with Gasteiger partial charge >= 0.3 is 5.97 Å². The average molecular weight is 239 g/mol. The number of carboxylic acids is 1. The molecule has 0 radical (unpaired) electrons. The monoisotopic (exact) mass is 239 g/mol. The van der Waals surface area contributed by atoms with Gasteiger partial charge in [0.05, 0.1) is 5.92 Å². The van der Waals surface area contributed by atoms with Crippen LogP contribution in [0.2, 0.25) is 0 Å². The molecule has 0 bridgehead atoms. The van der Waals surface area contributed by atoms with Gasteiger partial charge in [0.2, 0.25) is 5.91 Å². The van der Waals surface area contributed by atoms with Crippen LogP contribution in [0, 0.1) is 11.8 Å². The fourth-order valence-corrected chi connectivity index (χ4v) is 3.09. The third-order valence-corrected chi connectivity index (χ3v) is 4.22. The molecule has 2 rings (SSSR count). The van der Waals surface area contributed by atoms with E-state index in [2.05, 4.69) is 6.92 Å². The molecular formula is C13H21NO3. The molecule has 1 aliphatic carbocycles. The van der Waals surface area contributed by atoms with Gasteiger partial charge in [-0.25, -0.2) is 0 Å². The minimum atomic E-state index is -0.744. The zero-order valence-electron chi connectivity index (χ0n) is 10.4. The van der Waals surface area contributed by atoms with Crippen LogP contribution in [0.25, 0.3) is 0 Å². The van der Waals surface area contributed by atoms with Gasteiger partial charge in [-0.1, -0.05) is 0 Å². The summed E-state index contributed by atoms with van der Waals surface area (Å²) >= 11 is 0. The van der Waals surface area contributed by atoms with Gasteiger partial charge in [-0.3, -0.25) is 9.59 Å². The van der Waals surface area contributed by atoms with Crippen LogP contribution in [0.3, 0.4) is 0 Å². The predicted molar refractivity (Wildman–Crippen MR) is 63.5 cm³/mol. The highest BCUT2D eigenvalue weighted by Gasteiger charge is 2.37. The molecule has 1 heterocycles. The minimum Gasteiger partial charge on any atom is -0.481 e. The molecule has 2 fully saturated rings. The zero-order chi connectivity index (χ0) is 12.4. The Morgan fingerprint density at radius 1 is 1.12 bits per heavy atom. The lowest BCUT2D eigenvalue weighted by molar-refractivity contribution is -0.142. The number of piperidine rings is 1. The van der Waals surface area contributed by atoms with Crippen molar-refractivity contribution in [2.24, 2.45) is 11.8 Å². The molecule has 1 saturated heterocycles. The van der Waals surface area contributed by atoms with Crippen molar-refractivity contribution in [3.8, 4) is 0 Å². The molecule has 0 aromatic rings. The number of carbonyl (C=O) groups excluding carboxylic acids is 1. The second-order valence-electron chi connectivity index (χ2n) is 5.42. The smallest absolute Gasteiger partial charge is 0.306 e. The normalized spacial score (nSPS) is 33.7. The summed E-state index contributed by atoms with van der Waals surface area (Å²) < 4.78 is 0. The number of aliphatic carboxylic acids is 1. The van der Waals surface area contributed by atoms with E-state index in [1.807, 2.05) is 4.90 Å². The number of nitrogens with zero attached hydrogens (tertiary/aromatic N) is 1. The van der Waals surface area contributed by atoms with E-state index in [-0.39, 0.29) is 17.7 Å². The summed E-state index contributed by atoms with van der Waals surface area (Å²) in [6.07, 6.45) is 5.32. The quantitative estimate of drug-likeness (QED) is 0.800. The van der Waals surface area contributed by atoms with Crippen molar-refractivity contribution in [1.29, 1.82) is 0 Å². The number of amides is 1. The van der Waals surface area contributed by atoms with E-state index in [0.717, 1.165) is 25.8 Å². The number of hydrogen-bond acceptors (Lipinski definition) is 2. The SMILES string of the molecule is CC1CCCCN1C(=O)[C@@H]1CC[C@H](C(=O)O)C1. The van der Waals surface area contributed by atoms with Crippen LogP contribution in [0.4, 0.5) is 0 Å². The Bertz CT molecular complexity index is 316.